The van der Waals surface area contributed by atoms with Crippen LogP contribution in [0.3, 0.4) is 0 Å². The second-order valence-electron chi connectivity index (χ2n) is 4.40. The highest BCUT2D eigenvalue weighted by atomic mass is 19.1. The van der Waals surface area contributed by atoms with Crippen molar-refractivity contribution >= 4 is 11.6 Å². The van der Waals surface area contributed by atoms with Gasteiger partial charge in [-0.05, 0) is 36.8 Å². The minimum atomic E-state index is -0.514. The van der Waals surface area contributed by atoms with Crippen LogP contribution < -0.4 is 15.8 Å². The molecule has 0 aliphatic carbocycles. The van der Waals surface area contributed by atoms with Gasteiger partial charge in [-0.25, -0.2) is 4.39 Å². The van der Waals surface area contributed by atoms with Crippen LogP contribution >= 0.6 is 0 Å². The second kappa shape index (κ2) is 6.85. The Labute approximate surface area is 122 Å². The van der Waals surface area contributed by atoms with E-state index >= 15 is 0 Å². The van der Waals surface area contributed by atoms with Crippen molar-refractivity contribution in [1.29, 1.82) is 0 Å². The molecule has 0 spiro atoms. The molecule has 110 valence electrons. The molecule has 2 rings (SSSR count). The Kier molecular flexibility index (Phi) is 4.90. The molecule has 0 aliphatic heterocycles. The summed E-state index contributed by atoms with van der Waals surface area (Å²) in [5.41, 5.74) is 6.59. The quantitative estimate of drug-likeness (QED) is 0.889. The fourth-order valence-electron chi connectivity index (χ4n) is 1.91. The first kappa shape index (κ1) is 15.0. The van der Waals surface area contributed by atoms with Gasteiger partial charge in [-0.2, -0.15) is 0 Å². The van der Waals surface area contributed by atoms with Crippen LogP contribution in [0.4, 0.5) is 10.1 Å². The first-order valence-corrected chi connectivity index (χ1v) is 6.67. The lowest BCUT2D eigenvalue weighted by Gasteiger charge is -2.11. The number of hydrogen-bond donors (Lipinski definition) is 2. The van der Waals surface area contributed by atoms with Crippen molar-refractivity contribution in [2.75, 3.05) is 11.9 Å². The summed E-state index contributed by atoms with van der Waals surface area (Å²) in [6, 6.07) is 11.3. The lowest BCUT2D eigenvalue weighted by molar-refractivity contribution is 0.102. The zero-order valence-electron chi connectivity index (χ0n) is 11.7. The summed E-state index contributed by atoms with van der Waals surface area (Å²) >= 11 is 0. The molecule has 2 aromatic rings. The van der Waals surface area contributed by atoms with Crippen LogP contribution in [0.5, 0.6) is 5.75 Å². The van der Waals surface area contributed by atoms with Gasteiger partial charge in [0.1, 0.15) is 11.6 Å². The molecule has 0 unspecified atom stereocenters. The summed E-state index contributed by atoms with van der Waals surface area (Å²) in [7, 11) is 0. The molecule has 3 N–H and O–H groups in total. The number of hydrogen-bond acceptors (Lipinski definition) is 3. The van der Waals surface area contributed by atoms with E-state index in [-0.39, 0.29) is 12.2 Å². The van der Waals surface area contributed by atoms with Crippen LogP contribution in [0.1, 0.15) is 22.8 Å². The minimum Gasteiger partial charge on any atom is -0.493 e. The highest BCUT2D eigenvalue weighted by Crippen LogP contribution is 2.21. The fourth-order valence-corrected chi connectivity index (χ4v) is 1.91. The van der Waals surface area contributed by atoms with E-state index in [1.54, 1.807) is 30.3 Å². The SMILES string of the molecule is CCOc1ccccc1C(=O)Nc1ccc(CN)cc1F. The molecule has 0 aliphatic rings. The molecule has 0 atom stereocenters. The van der Waals surface area contributed by atoms with Crippen molar-refractivity contribution < 1.29 is 13.9 Å². The number of ether oxygens (including phenoxy) is 1. The lowest BCUT2D eigenvalue weighted by atomic mass is 10.1. The number of carbonyl (C=O) groups is 1. The predicted octanol–water partition coefficient (Wildman–Crippen LogP) is 2.94. The van der Waals surface area contributed by atoms with E-state index in [4.69, 9.17) is 10.5 Å². The summed E-state index contributed by atoms with van der Waals surface area (Å²) in [6.07, 6.45) is 0. The Hall–Kier alpha value is -2.40. The van der Waals surface area contributed by atoms with Crippen molar-refractivity contribution in [3.8, 4) is 5.75 Å². The number of nitrogens with two attached hydrogens (primary N) is 1. The number of amides is 1. The molecule has 0 radical (unpaired) electrons. The zero-order chi connectivity index (χ0) is 15.2. The van der Waals surface area contributed by atoms with Gasteiger partial charge in [0, 0.05) is 6.54 Å². The number of carbonyl (C=O) groups excluding carboxylic acids is 1. The van der Waals surface area contributed by atoms with Crippen molar-refractivity contribution in [2.45, 2.75) is 13.5 Å². The topological polar surface area (TPSA) is 64.3 Å². The van der Waals surface area contributed by atoms with Gasteiger partial charge in [-0.3, -0.25) is 4.79 Å². The summed E-state index contributed by atoms with van der Waals surface area (Å²) in [4.78, 5) is 12.2. The number of para-hydroxylation sites is 1. The number of nitrogens with one attached hydrogen (secondary N) is 1. The molecule has 0 saturated heterocycles. The van der Waals surface area contributed by atoms with E-state index in [2.05, 4.69) is 5.32 Å². The molecule has 5 heteroatoms. The molecule has 1 amide bonds. The second-order valence-corrected chi connectivity index (χ2v) is 4.40. The van der Waals surface area contributed by atoms with Gasteiger partial charge in [0.2, 0.25) is 0 Å². The van der Waals surface area contributed by atoms with Gasteiger partial charge in [0.25, 0.3) is 5.91 Å². The Morgan fingerprint density at radius 2 is 2.05 bits per heavy atom. The van der Waals surface area contributed by atoms with Crippen LogP contribution in [0, 0.1) is 5.82 Å². The van der Waals surface area contributed by atoms with Crippen LogP contribution in [0.2, 0.25) is 0 Å². The molecule has 0 heterocycles. The van der Waals surface area contributed by atoms with Gasteiger partial charge < -0.3 is 15.8 Å². The van der Waals surface area contributed by atoms with Gasteiger partial charge in [0.05, 0.1) is 17.9 Å². The third-order valence-electron chi connectivity index (χ3n) is 2.95. The average Bonchev–Trinajstić information content (AvgIpc) is 2.50. The number of benzene rings is 2. The van der Waals surface area contributed by atoms with Gasteiger partial charge in [-0.1, -0.05) is 18.2 Å². The maximum Gasteiger partial charge on any atom is 0.259 e. The molecule has 0 fully saturated rings. The van der Waals surface area contributed by atoms with Crippen molar-refractivity contribution in [3.63, 3.8) is 0 Å². The third kappa shape index (κ3) is 3.58. The van der Waals surface area contributed by atoms with Crippen molar-refractivity contribution in [3.05, 3.63) is 59.4 Å². The van der Waals surface area contributed by atoms with Crippen molar-refractivity contribution in [1.82, 2.24) is 0 Å². The monoisotopic (exact) mass is 288 g/mol. The standard InChI is InChI=1S/C16H17FN2O2/c1-2-21-15-6-4-3-5-12(15)16(20)19-14-8-7-11(10-18)9-13(14)17/h3-9H,2,10,18H2,1H3,(H,19,20). The van der Waals surface area contributed by atoms with Crippen LogP contribution in [-0.4, -0.2) is 12.5 Å². The molecule has 0 saturated carbocycles. The molecule has 4 nitrogen and oxygen atoms in total. The molecule has 21 heavy (non-hydrogen) atoms. The summed E-state index contributed by atoms with van der Waals surface area (Å²) in [5, 5.41) is 2.54. The number of anilines is 1. The summed E-state index contributed by atoms with van der Waals surface area (Å²) < 4.78 is 19.3. The Morgan fingerprint density at radius 1 is 1.29 bits per heavy atom. The van der Waals surface area contributed by atoms with E-state index in [0.29, 0.717) is 23.5 Å². The van der Waals surface area contributed by atoms with Crippen molar-refractivity contribution in [2.24, 2.45) is 5.73 Å². The molecular weight excluding hydrogens is 271 g/mol. The fraction of sp³-hybridized carbons (Fsp3) is 0.188. The summed E-state index contributed by atoms with van der Waals surface area (Å²) in [5.74, 6) is -0.463. The first-order valence-electron chi connectivity index (χ1n) is 6.67. The highest BCUT2D eigenvalue weighted by molar-refractivity contribution is 6.06. The average molecular weight is 288 g/mol. The Balaban J connectivity index is 2.22. The number of halogens is 1. The van der Waals surface area contributed by atoms with Crippen LogP contribution in [0.15, 0.2) is 42.5 Å². The van der Waals surface area contributed by atoms with E-state index in [0.717, 1.165) is 0 Å². The van der Waals surface area contributed by atoms with Gasteiger partial charge in [0.15, 0.2) is 0 Å². The summed E-state index contributed by atoms with van der Waals surface area (Å²) in [6.45, 7) is 2.53. The third-order valence-corrected chi connectivity index (χ3v) is 2.95. The predicted molar refractivity (Wildman–Crippen MR) is 79.9 cm³/mol. The van der Waals surface area contributed by atoms with E-state index in [9.17, 15) is 9.18 Å². The maximum atomic E-state index is 13.9. The Morgan fingerprint density at radius 3 is 2.71 bits per heavy atom. The van der Waals surface area contributed by atoms with Crippen LogP contribution in [-0.2, 0) is 6.54 Å². The van der Waals surface area contributed by atoms with Gasteiger partial charge >= 0.3 is 0 Å². The normalized spacial score (nSPS) is 10.2. The van der Waals surface area contributed by atoms with Gasteiger partial charge in [-0.15, -0.1) is 0 Å². The zero-order valence-corrected chi connectivity index (χ0v) is 11.7. The Bertz CT molecular complexity index is 644. The lowest BCUT2D eigenvalue weighted by Crippen LogP contribution is -2.14. The van der Waals surface area contributed by atoms with Crippen LogP contribution in [0.25, 0.3) is 0 Å². The molecule has 2 aromatic carbocycles. The van der Waals surface area contributed by atoms with E-state index in [1.807, 2.05) is 6.92 Å². The maximum absolute atomic E-state index is 13.9. The molecule has 0 aromatic heterocycles. The highest BCUT2D eigenvalue weighted by Gasteiger charge is 2.14. The first-order chi connectivity index (χ1) is 10.2. The largest absolute Gasteiger partial charge is 0.493 e. The minimum absolute atomic E-state index is 0.114. The number of rotatable bonds is 5. The molecule has 0 bridgehead atoms. The van der Waals surface area contributed by atoms with E-state index in [1.165, 1.54) is 12.1 Å². The van der Waals surface area contributed by atoms with E-state index < -0.39 is 11.7 Å². The smallest absolute Gasteiger partial charge is 0.259 e. The molecular formula is C16H17FN2O2.